The standard InChI is InChI=1S/C10H20N2O2S.ClH/c1-7(15-2)6-12-10(13)9-4-3-8(5-11)14-9;/h7-9H,3-6,11H2,1-2H3,(H,12,13);1H/t7?,8-,9+;/m1./s1. The lowest BCUT2D eigenvalue weighted by molar-refractivity contribution is -0.131. The maximum Gasteiger partial charge on any atom is 0.249 e. The number of hydrogen-bond donors (Lipinski definition) is 2. The van der Waals surface area contributed by atoms with Crippen LogP contribution in [0.25, 0.3) is 0 Å². The smallest absolute Gasteiger partial charge is 0.249 e. The summed E-state index contributed by atoms with van der Waals surface area (Å²) in [6.45, 7) is 3.29. The fourth-order valence-corrected chi connectivity index (χ4v) is 1.76. The normalized spacial score (nSPS) is 25.9. The van der Waals surface area contributed by atoms with E-state index in [2.05, 4.69) is 12.2 Å². The van der Waals surface area contributed by atoms with Gasteiger partial charge < -0.3 is 15.8 Å². The van der Waals surface area contributed by atoms with E-state index in [0.29, 0.717) is 18.3 Å². The number of halogens is 1. The Kier molecular flexibility index (Phi) is 8.18. The van der Waals surface area contributed by atoms with Gasteiger partial charge in [0.25, 0.3) is 0 Å². The molecule has 0 saturated carbocycles. The summed E-state index contributed by atoms with van der Waals surface area (Å²) < 4.78 is 5.49. The Morgan fingerprint density at radius 2 is 2.31 bits per heavy atom. The van der Waals surface area contributed by atoms with Crippen LogP contribution in [0.5, 0.6) is 0 Å². The predicted octanol–water partition coefficient (Wildman–Crippen LogP) is 0.782. The molecule has 96 valence electrons. The second-order valence-corrected chi connectivity index (χ2v) is 5.13. The minimum absolute atomic E-state index is 0. The fourth-order valence-electron chi connectivity index (χ4n) is 1.51. The summed E-state index contributed by atoms with van der Waals surface area (Å²) in [5.74, 6) is 0.00634. The molecule has 4 nitrogen and oxygen atoms in total. The van der Waals surface area contributed by atoms with Crippen LogP contribution in [0.3, 0.4) is 0 Å². The monoisotopic (exact) mass is 268 g/mol. The molecule has 0 spiro atoms. The van der Waals surface area contributed by atoms with Crippen LogP contribution in [-0.4, -0.2) is 42.7 Å². The van der Waals surface area contributed by atoms with E-state index in [1.807, 2.05) is 6.26 Å². The number of hydrogen-bond acceptors (Lipinski definition) is 4. The summed E-state index contributed by atoms with van der Waals surface area (Å²) in [6, 6.07) is 0. The highest BCUT2D eigenvalue weighted by atomic mass is 35.5. The molecule has 1 amide bonds. The molecule has 0 aliphatic carbocycles. The number of carbonyl (C=O) groups is 1. The molecule has 0 aromatic heterocycles. The van der Waals surface area contributed by atoms with Crippen LogP contribution in [0, 0.1) is 0 Å². The number of rotatable bonds is 5. The number of nitrogens with two attached hydrogens (primary N) is 1. The maximum atomic E-state index is 11.6. The Morgan fingerprint density at radius 3 is 2.81 bits per heavy atom. The maximum absolute atomic E-state index is 11.6. The van der Waals surface area contributed by atoms with E-state index >= 15 is 0 Å². The van der Waals surface area contributed by atoms with E-state index in [-0.39, 0.29) is 30.5 Å². The largest absolute Gasteiger partial charge is 0.364 e. The molecule has 16 heavy (non-hydrogen) atoms. The van der Waals surface area contributed by atoms with E-state index in [1.165, 1.54) is 0 Å². The summed E-state index contributed by atoms with van der Waals surface area (Å²) >= 11 is 1.74. The van der Waals surface area contributed by atoms with Gasteiger partial charge in [-0.1, -0.05) is 6.92 Å². The number of carbonyl (C=O) groups excluding carboxylic acids is 1. The molecular weight excluding hydrogens is 248 g/mol. The SMILES string of the molecule is CSC(C)CNC(=O)[C@@H]1CC[C@H](CN)O1.Cl. The van der Waals surface area contributed by atoms with Gasteiger partial charge in [0.05, 0.1) is 6.10 Å². The molecule has 1 aliphatic rings. The quantitative estimate of drug-likeness (QED) is 0.774. The third kappa shape index (κ3) is 4.91. The zero-order valence-electron chi connectivity index (χ0n) is 9.77. The van der Waals surface area contributed by atoms with Gasteiger partial charge in [-0.2, -0.15) is 11.8 Å². The molecule has 1 aliphatic heterocycles. The van der Waals surface area contributed by atoms with Crippen LogP contribution in [0.4, 0.5) is 0 Å². The predicted molar refractivity (Wildman–Crippen MR) is 70.2 cm³/mol. The van der Waals surface area contributed by atoms with Crippen molar-refractivity contribution in [3.8, 4) is 0 Å². The molecule has 1 rings (SSSR count). The summed E-state index contributed by atoms with van der Waals surface area (Å²) in [6.07, 6.45) is 3.51. The molecule has 3 N–H and O–H groups in total. The van der Waals surface area contributed by atoms with Crippen LogP contribution in [0.1, 0.15) is 19.8 Å². The van der Waals surface area contributed by atoms with E-state index in [0.717, 1.165) is 12.8 Å². The second kappa shape index (κ2) is 8.17. The lowest BCUT2D eigenvalue weighted by Gasteiger charge is -2.14. The highest BCUT2D eigenvalue weighted by molar-refractivity contribution is 7.99. The number of nitrogens with one attached hydrogen (secondary N) is 1. The van der Waals surface area contributed by atoms with Crippen molar-refractivity contribution < 1.29 is 9.53 Å². The van der Waals surface area contributed by atoms with Gasteiger partial charge in [-0.05, 0) is 19.1 Å². The van der Waals surface area contributed by atoms with Crippen molar-refractivity contribution in [3.05, 3.63) is 0 Å². The first-order chi connectivity index (χ1) is 7.17. The summed E-state index contributed by atoms with van der Waals surface area (Å²) in [7, 11) is 0. The molecule has 0 radical (unpaired) electrons. The Hall–Kier alpha value is 0.0300. The van der Waals surface area contributed by atoms with Crippen molar-refractivity contribution >= 4 is 30.1 Å². The van der Waals surface area contributed by atoms with Crippen molar-refractivity contribution in [1.82, 2.24) is 5.32 Å². The van der Waals surface area contributed by atoms with Gasteiger partial charge in [-0.25, -0.2) is 0 Å². The molecule has 1 heterocycles. The highest BCUT2D eigenvalue weighted by Crippen LogP contribution is 2.18. The second-order valence-electron chi connectivity index (χ2n) is 3.85. The van der Waals surface area contributed by atoms with Gasteiger partial charge in [0.15, 0.2) is 0 Å². The van der Waals surface area contributed by atoms with Gasteiger partial charge in [0.1, 0.15) is 6.10 Å². The van der Waals surface area contributed by atoms with Gasteiger partial charge in [0, 0.05) is 18.3 Å². The fraction of sp³-hybridized carbons (Fsp3) is 0.900. The molecule has 1 fully saturated rings. The molecular formula is C10H21ClN2O2S. The number of ether oxygens (including phenoxy) is 1. The highest BCUT2D eigenvalue weighted by Gasteiger charge is 2.29. The summed E-state index contributed by atoms with van der Waals surface area (Å²) in [4.78, 5) is 11.6. The summed E-state index contributed by atoms with van der Waals surface area (Å²) in [5, 5.41) is 3.34. The topological polar surface area (TPSA) is 64.4 Å². The van der Waals surface area contributed by atoms with Gasteiger partial charge in [-0.15, -0.1) is 12.4 Å². The first-order valence-corrected chi connectivity index (χ1v) is 6.62. The number of thioether (sulfide) groups is 1. The zero-order valence-corrected chi connectivity index (χ0v) is 11.4. The molecule has 6 heteroatoms. The van der Waals surface area contributed by atoms with E-state index in [9.17, 15) is 4.79 Å². The lowest BCUT2D eigenvalue weighted by Crippen LogP contribution is -2.38. The summed E-state index contributed by atoms with van der Waals surface area (Å²) in [5.41, 5.74) is 5.48. The molecule has 0 aromatic rings. The lowest BCUT2D eigenvalue weighted by atomic mass is 10.2. The van der Waals surface area contributed by atoms with E-state index in [4.69, 9.17) is 10.5 Å². The van der Waals surface area contributed by atoms with Crippen molar-refractivity contribution in [2.24, 2.45) is 5.73 Å². The van der Waals surface area contributed by atoms with E-state index in [1.54, 1.807) is 11.8 Å². The van der Waals surface area contributed by atoms with Crippen molar-refractivity contribution in [1.29, 1.82) is 0 Å². The molecule has 1 saturated heterocycles. The Bertz CT molecular complexity index is 219. The molecule has 0 bridgehead atoms. The molecule has 0 aromatic carbocycles. The minimum atomic E-state index is -0.285. The Labute approximate surface area is 107 Å². The first kappa shape index (κ1) is 16.0. The number of amides is 1. The van der Waals surface area contributed by atoms with Crippen molar-refractivity contribution in [3.63, 3.8) is 0 Å². The molecule has 1 unspecified atom stereocenters. The average molecular weight is 269 g/mol. The third-order valence-corrected chi connectivity index (χ3v) is 3.60. The van der Waals surface area contributed by atoms with Gasteiger partial charge >= 0.3 is 0 Å². The van der Waals surface area contributed by atoms with Crippen LogP contribution < -0.4 is 11.1 Å². The van der Waals surface area contributed by atoms with Gasteiger partial charge in [0.2, 0.25) is 5.91 Å². The van der Waals surface area contributed by atoms with Crippen LogP contribution in [0.15, 0.2) is 0 Å². The Morgan fingerprint density at radius 1 is 1.62 bits per heavy atom. The minimum Gasteiger partial charge on any atom is -0.364 e. The van der Waals surface area contributed by atoms with E-state index < -0.39 is 0 Å². The van der Waals surface area contributed by atoms with Crippen molar-refractivity contribution in [2.45, 2.75) is 37.2 Å². The third-order valence-electron chi connectivity index (χ3n) is 2.63. The average Bonchev–Trinajstić information content (AvgIpc) is 2.73. The first-order valence-electron chi connectivity index (χ1n) is 5.33. The van der Waals surface area contributed by atoms with Crippen LogP contribution in [0.2, 0.25) is 0 Å². The van der Waals surface area contributed by atoms with Crippen molar-refractivity contribution in [2.75, 3.05) is 19.3 Å². The Balaban J connectivity index is 0.00000225. The van der Waals surface area contributed by atoms with Gasteiger partial charge in [-0.3, -0.25) is 4.79 Å². The van der Waals surface area contributed by atoms with Crippen LogP contribution >= 0.6 is 24.2 Å². The zero-order chi connectivity index (χ0) is 11.3. The van der Waals surface area contributed by atoms with Crippen LogP contribution in [-0.2, 0) is 9.53 Å². The molecule has 3 atom stereocenters.